The average molecular weight is 313 g/mol. The average Bonchev–Trinajstić information content (AvgIpc) is 3.02. The molecule has 3 rings (SSSR count). The minimum atomic E-state index is 0.262. The fourth-order valence-corrected chi connectivity index (χ4v) is 2.70. The Labute approximate surface area is 136 Å². The molecule has 3 aromatic heterocycles. The summed E-state index contributed by atoms with van der Waals surface area (Å²) in [5, 5.41) is 8.47. The van der Waals surface area contributed by atoms with Crippen molar-refractivity contribution in [1.82, 2.24) is 10.1 Å². The van der Waals surface area contributed by atoms with E-state index in [0.717, 1.165) is 45.3 Å². The van der Waals surface area contributed by atoms with Crippen molar-refractivity contribution in [1.29, 1.82) is 0 Å². The Balaban J connectivity index is 2.24. The summed E-state index contributed by atoms with van der Waals surface area (Å²) in [5.41, 5.74) is 3.45. The predicted molar refractivity (Wildman–Crippen MR) is 91.8 cm³/mol. The number of aryl methyl sites for hydroxylation is 2. The van der Waals surface area contributed by atoms with Crippen molar-refractivity contribution in [3.05, 3.63) is 29.3 Å². The minimum Gasteiger partial charge on any atom is -0.457 e. The van der Waals surface area contributed by atoms with E-state index in [4.69, 9.17) is 13.9 Å². The minimum absolute atomic E-state index is 0.262. The summed E-state index contributed by atoms with van der Waals surface area (Å²) in [6, 6.07) is 4.40. The van der Waals surface area contributed by atoms with Gasteiger partial charge in [-0.3, -0.25) is 0 Å². The van der Waals surface area contributed by atoms with Gasteiger partial charge in [-0.1, -0.05) is 19.0 Å². The van der Waals surface area contributed by atoms with Gasteiger partial charge in [0.15, 0.2) is 11.4 Å². The maximum absolute atomic E-state index is 6.03. The molecule has 0 radical (unpaired) electrons. The Bertz CT molecular complexity index is 824. The van der Waals surface area contributed by atoms with Gasteiger partial charge in [0.25, 0.3) is 0 Å². The van der Waals surface area contributed by atoms with E-state index < -0.39 is 0 Å². The van der Waals surface area contributed by atoms with Gasteiger partial charge < -0.3 is 14.3 Å². The molecule has 0 aromatic carbocycles. The molecule has 0 amide bonds. The summed E-state index contributed by atoms with van der Waals surface area (Å²) in [4.78, 5) is 4.77. The van der Waals surface area contributed by atoms with Crippen molar-refractivity contribution in [2.75, 3.05) is 5.32 Å². The fourth-order valence-electron chi connectivity index (χ4n) is 2.70. The molecule has 0 bridgehead atoms. The van der Waals surface area contributed by atoms with Crippen molar-refractivity contribution in [2.45, 2.75) is 53.5 Å². The van der Waals surface area contributed by atoms with Gasteiger partial charge in [0.05, 0.1) is 17.0 Å². The SMILES string of the molecule is Cc1noc(C)c1-c1cc2cc(C(C)C)oc2c(NC(C)C)n1. The number of nitrogens with one attached hydrogen (secondary N) is 1. The van der Waals surface area contributed by atoms with Crippen LogP contribution in [0.5, 0.6) is 0 Å². The summed E-state index contributed by atoms with van der Waals surface area (Å²) in [6.07, 6.45) is 0. The third kappa shape index (κ3) is 2.83. The summed E-state index contributed by atoms with van der Waals surface area (Å²) in [5.74, 6) is 2.83. The van der Waals surface area contributed by atoms with E-state index in [1.54, 1.807) is 0 Å². The van der Waals surface area contributed by atoms with Crippen molar-refractivity contribution in [2.24, 2.45) is 0 Å². The number of hydrogen-bond donors (Lipinski definition) is 1. The lowest BCUT2D eigenvalue weighted by atomic mass is 10.1. The first-order chi connectivity index (χ1) is 10.9. The third-order valence-corrected chi connectivity index (χ3v) is 3.80. The predicted octanol–water partition coefficient (Wildman–Crippen LogP) is 5.04. The van der Waals surface area contributed by atoms with E-state index in [1.807, 2.05) is 19.9 Å². The Morgan fingerprint density at radius 3 is 2.39 bits per heavy atom. The normalized spacial score (nSPS) is 11.8. The van der Waals surface area contributed by atoms with Crippen molar-refractivity contribution in [3.8, 4) is 11.3 Å². The van der Waals surface area contributed by atoms with Gasteiger partial charge in [0.2, 0.25) is 0 Å². The molecule has 0 atom stereocenters. The second-order valence-electron chi connectivity index (χ2n) is 6.58. The standard InChI is InChI=1S/C18H23N3O2/c1-9(2)15-8-13-7-14(16-11(5)21-23-12(16)6)20-18(17(13)22-15)19-10(3)4/h7-10H,1-6H3,(H,19,20). The molecule has 1 N–H and O–H groups in total. The highest BCUT2D eigenvalue weighted by molar-refractivity contribution is 5.91. The Morgan fingerprint density at radius 2 is 1.83 bits per heavy atom. The molecule has 5 nitrogen and oxygen atoms in total. The Morgan fingerprint density at radius 1 is 1.09 bits per heavy atom. The number of hydrogen-bond acceptors (Lipinski definition) is 5. The van der Waals surface area contributed by atoms with Crippen LogP contribution in [0.25, 0.3) is 22.2 Å². The third-order valence-electron chi connectivity index (χ3n) is 3.80. The Kier molecular flexibility index (Phi) is 3.88. The van der Waals surface area contributed by atoms with Gasteiger partial charge in [-0.05, 0) is 39.8 Å². The van der Waals surface area contributed by atoms with E-state index in [-0.39, 0.29) is 6.04 Å². The monoisotopic (exact) mass is 313 g/mol. The number of fused-ring (bicyclic) bond motifs is 1. The topological polar surface area (TPSA) is 64.1 Å². The van der Waals surface area contributed by atoms with Crippen molar-refractivity contribution in [3.63, 3.8) is 0 Å². The molecule has 0 aliphatic rings. The van der Waals surface area contributed by atoms with Crippen LogP contribution in [0, 0.1) is 13.8 Å². The summed E-state index contributed by atoms with van der Waals surface area (Å²) in [6.45, 7) is 12.3. The number of rotatable bonds is 4. The zero-order valence-corrected chi connectivity index (χ0v) is 14.5. The molecular weight excluding hydrogens is 290 g/mol. The highest BCUT2D eigenvalue weighted by Crippen LogP contribution is 2.34. The molecule has 3 heterocycles. The molecule has 0 aliphatic carbocycles. The second-order valence-corrected chi connectivity index (χ2v) is 6.58. The first-order valence-corrected chi connectivity index (χ1v) is 8.01. The van der Waals surface area contributed by atoms with Crippen LogP contribution in [0.3, 0.4) is 0 Å². The smallest absolute Gasteiger partial charge is 0.176 e. The van der Waals surface area contributed by atoms with Gasteiger partial charge in [-0.25, -0.2) is 4.98 Å². The number of aromatic nitrogens is 2. The molecule has 3 aromatic rings. The lowest BCUT2D eigenvalue weighted by Gasteiger charge is -2.11. The number of pyridine rings is 1. The van der Waals surface area contributed by atoms with Crippen LogP contribution in [-0.2, 0) is 0 Å². The van der Waals surface area contributed by atoms with E-state index in [9.17, 15) is 0 Å². The van der Waals surface area contributed by atoms with Gasteiger partial charge in [-0.2, -0.15) is 0 Å². The number of anilines is 1. The lowest BCUT2D eigenvalue weighted by Crippen LogP contribution is -2.11. The molecule has 5 heteroatoms. The van der Waals surface area contributed by atoms with Gasteiger partial charge in [-0.15, -0.1) is 0 Å². The molecule has 0 saturated carbocycles. The van der Waals surface area contributed by atoms with Crippen LogP contribution in [-0.4, -0.2) is 16.2 Å². The summed E-state index contributed by atoms with van der Waals surface area (Å²) < 4.78 is 11.3. The number of furan rings is 1. The van der Waals surface area contributed by atoms with Crippen LogP contribution >= 0.6 is 0 Å². The molecule has 0 unspecified atom stereocenters. The molecule has 0 spiro atoms. The van der Waals surface area contributed by atoms with E-state index >= 15 is 0 Å². The molecular formula is C18H23N3O2. The van der Waals surface area contributed by atoms with Crippen molar-refractivity contribution >= 4 is 16.8 Å². The van der Waals surface area contributed by atoms with Crippen LogP contribution in [0.15, 0.2) is 21.1 Å². The van der Waals surface area contributed by atoms with Crippen LogP contribution < -0.4 is 5.32 Å². The molecule has 23 heavy (non-hydrogen) atoms. The quantitative estimate of drug-likeness (QED) is 0.730. The van der Waals surface area contributed by atoms with Crippen LogP contribution in [0.1, 0.15) is 50.8 Å². The first-order valence-electron chi connectivity index (χ1n) is 8.01. The molecule has 0 aliphatic heterocycles. The highest BCUT2D eigenvalue weighted by atomic mass is 16.5. The molecule has 0 saturated heterocycles. The molecule has 0 fully saturated rings. The van der Waals surface area contributed by atoms with E-state index in [1.165, 1.54) is 0 Å². The van der Waals surface area contributed by atoms with Crippen molar-refractivity contribution < 1.29 is 8.94 Å². The molecule has 122 valence electrons. The van der Waals surface area contributed by atoms with Gasteiger partial charge in [0.1, 0.15) is 11.5 Å². The fraction of sp³-hybridized carbons (Fsp3) is 0.444. The van der Waals surface area contributed by atoms with Gasteiger partial charge >= 0.3 is 0 Å². The van der Waals surface area contributed by atoms with Crippen LogP contribution in [0.2, 0.25) is 0 Å². The zero-order valence-electron chi connectivity index (χ0n) is 14.5. The summed E-state index contributed by atoms with van der Waals surface area (Å²) >= 11 is 0. The summed E-state index contributed by atoms with van der Waals surface area (Å²) in [7, 11) is 0. The maximum atomic E-state index is 6.03. The largest absolute Gasteiger partial charge is 0.457 e. The van der Waals surface area contributed by atoms with Gasteiger partial charge in [0, 0.05) is 17.3 Å². The highest BCUT2D eigenvalue weighted by Gasteiger charge is 2.19. The lowest BCUT2D eigenvalue weighted by molar-refractivity contribution is 0.393. The number of nitrogens with zero attached hydrogens (tertiary/aromatic N) is 2. The van der Waals surface area contributed by atoms with Crippen LogP contribution in [0.4, 0.5) is 5.82 Å². The first kappa shape index (κ1) is 15.6. The van der Waals surface area contributed by atoms with E-state index in [0.29, 0.717) is 5.92 Å². The maximum Gasteiger partial charge on any atom is 0.176 e. The Hall–Kier alpha value is -2.30. The zero-order chi connectivity index (χ0) is 16.7. The van der Waals surface area contributed by atoms with E-state index in [2.05, 4.69) is 44.2 Å². The second kappa shape index (κ2) is 5.72.